The maximum Gasteiger partial charge on any atom is 0.286 e. The largest absolute Gasteiger partial charge is 0.286 e. The van der Waals surface area contributed by atoms with Gasteiger partial charge in [-0.1, -0.05) is 116 Å². The van der Waals surface area contributed by atoms with Gasteiger partial charge < -0.3 is 0 Å². The Kier molecular flexibility index (Phi) is 15.7. The molecule has 0 nitrogen and oxygen atoms in total. The standard InChI is InChI=1S/C23H44Cl4Si/c1-2-3-4-5-6-7-8-9-10-11-12-13-14-15-16-17-19-22-20-18-21-28(26,27)23(22,24)25/h22H,2-21H2,1H3. The highest BCUT2D eigenvalue weighted by Crippen LogP contribution is 2.53. The molecule has 1 aliphatic rings. The van der Waals surface area contributed by atoms with E-state index in [1.165, 1.54) is 103 Å². The molecule has 1 heterocycles. The number of rotatable bonds is 17. The van der Waals surface area contributed by atoms with Crippen molar-refractivity contribution in [2.45, 2.75) is 139 Å². The van der Waals surface area contributed by atoms with E-state index in [0.717, 1.165) is 25.3 Å². The Hall–Kier alpha value is 1.38. The van der Waals surface area contributed by atoms with Crippen LogP contribution in [0.5, 0.6) is 0 Å². The number of hydrogen-bond acceptors (Lipinski definition) is 0. The first-order valence-electron chi connectivity index (χ1n) is 12.2. The lowest BCUT2D eigenvalue weighted by atomic mass is 9.96. The minimum atomic E-state index is -2.52. The molecule has 0 N–H and O–H groups in total. The summed E-state index contributed by atoms with van der Waals surface area (Å²) in [6, 6.07) is 0.832. The highest BCUT2D eigenvalue weighted by atomic mass is 35.7. The third-order valence-corrected chi connectivity index (χ3v) is 15.5. The van der Waals surface area contributed by atoms with Gasteiger partial charge in [0.1, 0.15) is 3.96 Å². The minimum absolute atomic E-state index is 0.290. The van der Waals surface area contributed by atoms with Crippen LogP contribution in [0.1, 0.15) is 129 Å². The Balaban J connectivity index is 1.86. The van der Waals surface area contributed by atoms with Crippen molar-refractivity contribution in [3.8, 4) is 0 Å². The van der Waals surface area contributed by atoms with Crippen molar-refractivity contribution < 1.29 is 0 Å². The van der Waals surface area contributed by atoms with E-state index in [4.69, 9.17) is 45.4 Å². The van der Waals surface area contributed by atoms with E-state index in [0.29, 0.717) is 0 Å². The first kappa shape index (κ1) is 27.4. The fourth-order valence-electron chi connectivity index (χ4n) is 4.48. The smallest absolute Gasteiger partial charge is 0.143 e. The summed E-state index contributed by atoms with van der Waals surface area (Å²) in [5, 5.41) is 0. The van der Waals surface area contributed by atoms with Crippen molar-refractivity contribution in [1.29, 1.82) is 0 Å². The lowest BCUT2D eigenvalue weighted by Gasteiger charge is -2.41. The van der Waals surface area contributed by atoms with E-state index in [1.54, 1.807) is 0 Å². The van der Waals surface area contributed by atoms with Gasteiger partial charge in [0.2, 0.25) is 0 Å². The molecule has 0 aromatic carbocycles. The molecule has 0 bridgehead atoms. The average molecular weight is 491 g/mol. The molecule has 1 atom stereocenters. The Morgan fingerprint density at radius 2 is 1.07 bits per heavy atom. The summed E-state index contributed by atoms with van der Waals surface area (Å²) in [6.45, 7) is -0.229. The Bertz CT molecular complexity index is 374. The molecule has 1 unspecified atom stereocenters. The molecular formula is C23H44Cl4Si. The average Bonchev–Trinajstić information content (AvgIpc) is 2.65. The third-order valence-electron chi connectivity index (χ3n) is 6.45. The molecule has 0 amide bonds. The lowest BCUT2D eigenvalue weighted by Crippen LogP contribution is -2.50. The summed E-state index contributed by atoms with van der Waals surface area (Å²) < 4.78 is -0.857. The second kappa shape index (κ2) is 16.1. The Morgan fingerprint density at radius 3 is 1.50 bits per heavy atom. The normalized spacial score (nSPS) is 21.1. The van der Waals surface area contributed by atoms with Crippen molar-refractivity contribution in [3.05, 3.63) is 0 Å². The Morgan fingerprint density at radius 1 is 0.679 bits per heavy atom. The summed E-state index contributed by atoms with van der Waals surface area (Å²) in [4.78, 5) is 0. The molecule has 1 aliphatic heterocycles. The molecule has 28 heavy (non-hydrogen) atoms. The molecule has 0 radical (unpaired) electrons. The third kappa shape index (κ3) is 11.1. The molecule has 0 aromatic heterocycles. The van der Waals surface area contributed by atoms with Gasteiger partial charge in [-0.2, -0.15) is 0 Å². The van der Waals surface area contributed by atoms with Crippen LogP contribution in [0, 0.1) is 5.92 Å². The van der Waals surface area contributed by atoms with E-state index < -0.39 is 10.7 Å². The van der Waals surface area contributed by atoms with Crippen LogP contribution in [0.15, 0.2) is 0 Å². The van der Waals surface area contributed by atoms with Crippen LogP contribution in [0.2, 0.25) is 6.04 Å². The predicted octanol–water partition coefficient (Wildman–Crippen LogP) is 10.7. The van der Waals surface area contributed by atoms with Crippen molar-refractivity contribution in [2.24, 2.45) is 5.92 Å². The van der Waals surface area contributed by atoms with Crippen molar-refractivity contribution in [2.75, 3.05) is 0 Å². The molecule has 0 saturated carbocycles. The molecular weight excluding hydrogens is 446 g/mol. The van der Waals surface area contributed by atoms with E-state index in [2.05, 4.69) is 6.92 Å². The first-order valence-corrected chi connectivity index (χ1v) is 17.2. The second-order valence-electron chi connectivity index (χ2n) is 9.01. The summed E-state index contributed by atoms with van der Waals surface area (Å²) in [5.41, 5.74) is 0. The van der Waals surface area contributed by atoms with Gasteiger partial charge in [-0.3, -0.25) is 0 Å². The van der Waals surface area contributed by atoms with Crippen LogP contribution in [0.25, 0.3) is 0 Å². The topological polar surface area (TPSA) is 0 Å². The van der Waals surface area contributed by atoms with E-state index >= 15 is 0 Å². The van der Waals surface area contributed by atoms with Crippen molar-refractivity contribution >= 4 is 52.1 Å². The number of alkyl halides is 2. The predicted molar refractivity (Wildman–Crippen MR) is 134 cm³/mol. The van der Waals surface area contributed by atoms with Crippen LogP contribution in [0.4, 0.5) is 0 Å². The lowest BCUT2D eigenvalue weighted by molar-refractivity contribution is 0.405. The van der Waals surface area contributed by atoms with Crippen LogP contribution >= 0.6 is 45.4 Å². The number of unbranched alkanes of at least 4 members (excludes halogenated alkanes) is 15. The van der Waals surface area contributed by atoms with Gasteiger partial charge >= 0.3 is 0 Å². The summed E-state index contributed by atoms with van der Waals surface area (Å²) in [5.74, 6) is 0.290. The van der Waals surface area contributed by atoms with Crippen LogP contribution in [-0.4, -0.2) is 10.7 Å². The zero-order valence-corrected chi connectivity index (χ0v) is 22.3. The van der Waals surface area contributed by atoms with Gasteiger partial charge in [-0.05, 0) is 24.8 Å². The number of halogens is 4. The maximum absolute atomic E-state index is 6.56. The molecule has 1 rings (SSSR count). The fourth-order valence-corrected chi connectivity index (χ4v) is 9.08. The van der Waals surface area contributed by atoms with Crippen molar-refractivity contribution in [1.82, 2.24) is 0 Å². The quantitative estimate of drug-likeness (QED) is 0.0823. The molecule has 1 saturated heterocycles. The monoisotopic (exact) mass is 488 g/mol. The number of hydrogen-bond donors (Lipinski definition) is 0. The zero-order chi connectivity index (χ0) is 20.7. The van der Waals surface area contributed by atoms with Gasteiger partial charge in [0.05, 0.1) is 0 Å². The summed E-state index contributed by atoms with van der Waals surface area (Å²) >= 11 is 26.1. The minimum Gasteiger partial charge on any atom is -0.143 e. The fraction of sp³-hybridized carbons (Fsp3) is 1.00. The van der Waals surface area contributed by atoms with Gasteiger partial charge in [0, 0.05) is 0 Å². The Labute approximate surface area is 196 Å². The van der Waals surface area contributed by atoms with E-state index in [9.17, 15) is 0 Å². The van der Waals surface area contributed by atoms with Crippen LogP contribution in [0.3, 0.4) is 0 Å². The highest BCUT2D eigenvalue weighted by molar-refractivity contribution is 7.50. The summed E-state index contributed by atoms with van der Waals surface area (Å²) in [6.07, 6.45) is 25.6. The van der Waals surface area contributed by atoms with Gasteiger partial charge in [-0.25, -0.2) is 0 Å². The highest BCUT2D eigenvalue weighted by Gasteiger charge is 2.56. The molecule has 5 heteroatoms. The van der Waals surface area contributed by atoms with Crippen LogP contribution in [-0.2, 0) is 0 Å². The molecule has 168 valence electrons. The van der Waals surface area contributed by atoms with Gasteiger partial charge in [0.15, 0.2) is 0 Å². The van der Waals surface area contributed by atoms with Gasteiger partial charge in [-0.15, -0.1) is 45.4 Å². The SMILES string of the molecule is CCCCCCCCCCCCCCCCCCC1CCC[Si](Cl)(Cl)C1(Cl)Cl. The van der Waals surface area contributed by atoms with E-state index in [1.807, 2.05) is 0 Å². The van der Waals surface area contributed by atoms with Crippen molar-refractivity contribution in [3.63, 3.8) is 0 Å². The molecule has 0 aliphatic carbocycles. The molecule has 0 spiro atoms. The molecule has 0 aromatic rings. The van der Waals surface area contributed by atoms with E-state index in [-0.39, 0.29) is 5.92 Å². The second-order valence-corrected chi connectivity index (χ2v) is 18.2. The van der Waals surface area contributed by atoms with Crippen LogP contribution < -0.4 is 0 Å². The molecule has 1 fully saturated rings. The zero-order valence-electron chi connectivity index (χ0n) is 18.2. The van der Waals surface area contributed by atoms with Gasteiger partial charge in [0.25, 0.3) is 6.69 Å². The maximum atomic E-state index is 6.56. The summed E-state index contributed by atoms with van der Waals surface area (Å²) in [7, 11) is 0. The first-order chi connectivity index (χ1) is 13.4.